The van der Waals surface area contributed by atoms with Crippen LogP contribution < -0.4 is 10.6 Å². The predicted molar refractivity (Wildman–Crippen MR) is 151 cm³/mol. The van der Waals surface area contributed by atoms with Crippen molar-refractivity contribution >= 4 is 35.9 Å². The average Bonchev–Trinajstić information content (AvgIpc) is 3.55. The normalized spacial score (nSPS) is 19.9. The van der Waals surface area contributed by atoms with Crippen LogP contribution in [-0.2, 0) is 38.1 Å². The second-order valence-electron chi connectivity index (χ2n) is 12.2. The van der Waals surface area contributed by atoms with Crippen LogP contribution in [0.4, 0.5) is 9.59 Å². The quantitative estimate of drug-likeness (QED) is 0.340. The molecule has 240 valence electrons. The van der Waals surface area contributed by atoms with Crippen molar-refractivity contribution in [2.75, 3.05) is 27.3 Å². The Kier molecular flexibility index (Phi) is 13.5. The van der Waals surface area contributed by atoms with Gasteiger partial charge in [-0.3, -0.25) is 9.59 Å². The van der Waals surface area contributed by atoms with Gasteiger partial charge in [0.1, 0.15) is 35.4 Å². The number of alkyl carbamates (subject to hydrolysis) is 2. The Morgan fingerprint density at radius 2 is 0.952 bits per heavy atom. The number of amides is 4. The monoisotopic (exact) mass is 600 g/mol. The molecular weight excluding hydrogens is 552 g/mol. The van der Waals surface area contributed by atoms with Crippen molar-refractivity contribution in [3.05, 3.63) is 0 Å². The third kappa shape index (κ3) is 11.7. The Hall–Kier alpha value is -3.58. The summed E-state index contributed by atoms with van der Waals surface area (Å²) in [5.74, 6) is -1.47. The number of rotatable bonds is 6. The highest BCUT2D eigenvalue weighted by atomic mass is 16.6. The summed E-state index contributed by atoms with van der Waals surface area (Å²) in [4.78, 5) is 74.1. The molecule has 4 amide bonds. The maximum atomic E-state index is 12.3. The van der Waals surface area contributed by atoms with E-state index < -0.39 is 59.5 Å². The van der Waals surface area contributed by atoms with Crippen molar-refractivity contribution in [1.29, 1.82) is 0 Å². The largest absolute Gasteiger partial charge is 0.467 e. The first kappa shape index (κ1) is 36.4. The minimum absolute atomic E-state index is 0.311. The lowest BCUT2D eigenvalue weighted by Crippen LogP contribution is -2.51. The molecule has 0 aromatic rings. The van der Waals surface area contributed by atoms with E-state index in [1.807, 2.05) is 0 Å². The minimum atomic E-state index is -0.759. The first-order chi connectivity index (χ1) is 19.3. The van der Waals surface area contributed by atoms with Crippen LogP contribution in [0.15, 0.2) is 0 Å². The summed E-state index contributed by atoms with van der Waals surface area (Å²) in [7, 11) is 2.59. The molecule has 2 heterocycles. The van der Waals surface area contributed by atoms with Crippen molar-refractivity contribution in [2.24, 2.45) is 0 Å². The van der Waals surface area contributed by atoms with Crippen molar-refractivity contribution in [3.63, 3.8) is 0 Å². The molecule has 0 aromatic heterocycles. The molecule has 0 aromatic carbocycles. The SMILES string of the molecule is COC(=O)[C@@H]1CCCN1C(=O)[C@H](C)NC(=O)OC(C)(C)C.COC(=O)[C@@H]1CCCN1C(=O)[C@H](C)NC(=O)OC(C)(C)C. The van der Waals surface area contributed by atoms with Crippen LogP contribution in [0.1, 0.15) is 81.1 Å². The van der Waals surface area contributed by atoms with Crippen LogP contribution in [0.25, 0.3) is 0 Å². The molecule has 0 spiro atoms. The molecule has 2 aliphatic rings. The molecule has 2 rings (SSSR count). The number of carbonyl (C=O) groups excluding carboxylic acids is 6. The van der Waals surface area contributed by atoms with Crippen molar-refractivity contribution < 1.29 is 47.7 Å². The smallest absolute Gasteiger partial charge is 0.408 e. The highest BCUT2D eigenvalue weighted by Gasteiger charge is 2.38. The zero-order chi connectivity index (χ0) is 32.4. The van der Waals surface area contributed by atoms with E-state index in [1.165, 1.54) is 24.0 Å². The van der Waals surface area contributed by atoms with E-state index in [-0.39, 0.29) is 11.8 Å². The van der Waals surface area contributed by atoms with Gasteiger partial charge in [0, 0.05) is 13.1 Å². The molecule has 4 atom stereocenters. The zero-order valence-electron chi connectivity index (χ0n) is 26.5. The fraction of sp³-hybridized carbons (Fsp3) is 0.786. The lowest BCUT2D eigenvalue weighted by Gasteiger charge is -2.27. The molecule has 2 saturated heterocycles. The second-order valence-corrected chi connectivity index (χ2v) is 12.2. The lowest BCUT2D eigenvalue weighted by atomic mass is 10.2. The van der Waals surface area contributed by atoms with Crippen molar-refractivity contribution in [3.8, 4) is 0 Å². The summed E-state index contributed by atoms with van der Waals surface area (Å²) in [6, 6.07) is -2.65. The Morgan fingerprint density at radius 1 is 0.643 bits per heavy atom. The van der Waals surface area contributed by atoms with Crippen LogP contribution >= 0.6 is 0 Å². The van der Waals surface area contributed by atoms with Gasteiger partial charge in [0.15, 0.2) is 0 Å². The van der Waals surface area contributed by atoms with Gasteiger partial charge in [-0.15, -0.1) is 0 Å². The van der Waals surface area contributed by atoms with Crippen LogP contribution in [0.3, 0.4) is 0 Å². The number of esters is 2. The number of likely N-dealkylation sites (tertiary alicyclic amines) is 2. The van der Waals surface area contributed by atoms with E-state index >= 15 is 0 Å². The van der Waals surface area contributed by atoms with Crippen molar-refractivity contribution in [2.45, 2.75) is 116 Å². The van der Waals surface area contributed by atoms with Crippen LogP contribution in [-0.4, -0.2) is 108 Å². The van der Waals surface area contributed by atoms with Gasteiger partial charge >= 0.3 is 24.1 Å². The highest BCUT2D eigenvalue weighted by molar-refractivity contribution is 5.90. The number of hydrogen-bond acceptors (Lipinski definition) is 10. The standard InChI is InChI=1S/2C14H24N2O5/c2*1-9(15-13(19)21-14(2,3)4)11(17)16-8-6-7-10(16)12(18)20-5/h2*9-10H,6-8H2,1-5H3,(H,15,19)/t2*9-,10-/m00/s1. The molecule has 0 bridgehead atoms. The van der Waals surface area contributed by atoms with Crippen molar-refractivity contribution in [1.82, 2.24) is 20.4 Å². The van der Waals surface area contributed by atoms with Gasteiger partial charge in [-0.25, -0.2) is 19.2 Å². The molecule has 2 fully saturated rings. The molecule has 2 aliphatic heterocycles. The van der Waals surface area contributed by atoms with Gasteiger partial charge in [0.05, 0.1) is 14.2 Å². The molecule has 14 heteroatoms. The first-order valence-corrected chi connectivity index (χ1v) is 14.1. The summed E-state index contributed by atoms with van der Waals surface area (Å²) >= 11 is 0. The fourth-order valence-electron chi connectivity index (χ4n) is 4.41. The topological polar surface area (TPSA) is 170 Å². The van der Waals surface area contributed by atoms with Gasteiger partial charge in [-0.1, -0.05) is 0 Å². The van der Waals surface area contributed by atoms with Gasteiger partial charge in [-0.2, -0.15) is 0 Å². The number of hydrogen-bond donors (Lipinski definition) is 2. The Morgan fingerprint density at radius 3 is 1.21 bits per heavy atom. The summed E-state index contributed by atoms with van der Waals surface area (Å²) in [6.45, 7) is 14.6. The zero-order valence-corrected chi connectivity index (χ0v) is 26.5. The Bertz CT molecular complexity index is 910. The Labute approximate surface area is 248 Å². The molecule has 2 N–H and O–H groups in total. The van der Waals surface area contributed by atoms with Crippen LogP contribution in [0.2, 0.25) is 0 Å². The predicted octanol–water partition coefficient (Wildman–Crippen LogP) is 2.13. The average molecular weight is 601 g/mol. The highest BCUT2D eigenvalue weighted by Crippen LogP contribution is 2.20. The molecule has 0 radical (unpaired) electrons. The maximum Gasteiger partial charge on any atom is 0.408 e. The summed E-state index contributed by atoms with van der Waals surface area (Å²) in [6.07, 6.45) is 1.33. The number of nitrogens with one attached hydrogen (secondary N) is 2. The van der Waals surface area contributed by atoms with Gasteiger partial charge in [-0.05, 0) is 81.1 Å². The molecule has 0 aliphatic carbocycles. The molecule has 42 heavy (non-hydrogen) atoms. The van der Waals surface area contributed by atoms with E-state index in [2.05, 4.69) is 10.6 Å². The van der Waals surface area contributed by atoms with E-state index in [1.54, 1.807) is 55.4 Å². The maximum absolute atomic E-state index is 12.3. The number of nitrogens with zero attached hydrogens (tertiary/aromatic N) is 2. The van der Waals surface area contributed by atoms with E-state index in [9.17, 15) is 28.8 Å². The Balaban J connectivity index is 0.000000420. The van der Waals surface area contributed by atoms with E-state index in [0.717, 1.165) is 12.8 Å². The summed E-state index contributed by atoms with van der Waals surface area (Å²) < 4.78 is 19.6. The molecule has 0 saturated carbocycles. The number of methoxy groups -OCH3 is 2. The number of carbonyl (C=O) groups is 6. The third-order valence-corrected chi connectivity index (χ3v) is 6.23. The lowest BCUT2D eigenvalue weighted by molar-refractivity contribution is -0.151. The first-order valence-electron chi connectivity index (χ1n) is 14.1. The minimum Gasteiger partial charge on any atom is -0.467 e. The van der Waals surface area contributed by atoms with Gasteiger partial charge < -0.3 is 39.4 Å². The molecule has 14 nitrogen and oxygen atoms in total. The van der Waals surface area contributed by atoms with E-state index in [0.29, 0.717) is 25.9 Å². The van der Waals surface area contributed by atoms with Crippen LogP contribution in [0, 0.1) is 0 Å². The summed E-state index contributed by atoms with van der Waals surface area (Å²) in [5, 5.41) is 4.97. The fourth-order valence-corrected chi connectivity index (χ4v) is 4.41. The molecular formula is C28H48N4O10. The second kappa shape index (κ2) is 15.6. The third-order valence-electron chi connectivity index (χ3n) is 6.23. The number of ether oxygens (including phenoxy) is 4. The van der Waals surface area contributed by atoms with Gasteiger partial charge in [0.2, 0.25) is 11.8 Å². The molecule has 0 unspecified atom stereocenters. The summed E-state index contributed by atoms with van der Waals surface area (Å²) in [5.41, 5.74) is -1.26. The van der Waals surface area contributed by atoms with E-state index in [4.69, 9.17) is 18.9 Å². The van der Waals surface area contributed by atoms with Crippen LogP contribution in [0.5, 0.6) is 0 Å². The van der Waals surface area contributed by atoms with Gasteiger partial charge in [0.25, 0.3) is 0 Å².